The van der Waals surface area contributed by atoms with Crippen molar-refractivity contribution in [1.29, 1.82) is 5.41 Å². The van der Waals surface area contributed by atoms with Gasteiger partial charge in [0.05, 0.1) is 5.83 Å². The van der Waals surface area contributed by atoms with E-state index in [1.807, 2.05) is 45.9 Å². The highest BCUT2D eigenvalue weighted by molar-refractivity contribution is 9.11. The molecule has 1 aliphatic rings. The number of benzene rings is 1. The van der Waals surface area contributed by atoms with E-state index in [9.17, 15) is 14.0 Å². The van der Waals surface area contributed by atoms with Crippen LogP contribution in [0.1, 0.15) is 91.9 Å². The third-order valence-corrected chi connectivity index (χ3v) is 4.96. The molecule has 0 bridgehead atoms. The smallest absolute Gasteiger partial charge is 0.278 e. The van der Waals surface area contributed by atoms with Crippen molar-refractivity contribution in [2.45, 2.75) is 81.6 Å². The van der Waals surface area contributed by atoms with Crippen LogP contribution in [0, 0.1) is 17.8 Å². The molecule has 1 aliphatic heterocycles. The lowest BCUT2D eigenvalue weighted by Crippen LogP contribution is -2.35. The molecule has 1 saturated heterocycles. The van der Waals surface area contributed by atoms with Gasteiger partial charge < -0.3 is 16.0 Å². The number of hydrogen-bond acceptors (Lipinski definition) is 3. The first-order chi connectivity index (χ1) is 20.7. The number of amides is 2. The Balaban J connectivity index is -0.000000263. The van der Waals surface area contributed by atoms with E-state index < -0.39 is 0 Å². The van der Waals surface area contributed by atoms with Crippen LogP contribution < -0.4 is 11.1 Å². The minimum atomic E-state index is -0.296. The molecular formula is C35H55BrFN5O2. The van der Waals surface area contributed by atoms with Crippen LogP contribution in [0.2, 0.25) is 0 Å². The van der Waals surface area contributed by atoms with E-state index in [1.54, 1.807) is 58.2 Å². The summed E-state index contributed by atoms with van der Waals surface area (Å²) in [5.41, 5.74) is 7.29. The molecule has 0 radical (unpaired) electrons. The normalized spacial score (nSPS) is 12.6. The zero-order valence-corrected chi connectivity index (χ0v) is 30.1. The summed E-state index contributed by atoms with van der Waals surface area (Å²) in [4.78, 5) is 26.6. The number of piperidine rings is 1. The van der Waals surface area contributed by atoms with E-state index in [0.29, 0.717) is 17.0 Å². The molecule has 7 nitrogen and oxygen atoms in total. The molecule has 0 aromatic heterocycles. The lowest BCUT2D eigenvalue weighted by Gasteiger charge is -2.29. The van der Waals surface area contributed by atoms with Gasteiger partial charge in [-0.2, -0.15) is 4.99 Å². The zero-order valence-electron chi connectivity index (χ0n) is 28.5. The Bertz CT molecular complexity index is 1120. The lowest BCUT2D eigenvalue weighted by molar-refractivity contribution is -0.118. The van der Waals surface area contributed by atoms with Crippen LogP contribution in [0.3, 0.4) is 0 Å². The van der Waals surface area contributed by atoms with Crippen LogP contribution >= 0.6 is 15.9 Å². The van der Waals surface area contributed by atoms with E-state index in [2.05, 4.69) is 50.1 Å². The number of hydrogen-bond donors (Lipinski definition) is 3. The van der Waals surface area contributed by atoms with Crippen LogP contribution in [-0.2, 0) is 4.79 Å². The van der Waals surface area contributed by atoms with Gasteiger partial charge >= 0.3 is 0 Å². The highest BCUT2D eigenvalue weighted by Crippen LogP contribution is 2.14. The van der Waals surface area contributed by atoms with Gasteiger partial charge in [-0.15, -0.1) is 12.3 Å². The number of carbonyl (C=O) groups is 2. The summed E-state index contributed by atoms with van der Waals surface area (Å²) in [5.74, 6) is 2.62. The summed E-state index contributed by atoms with van der Waals surface area (Å²) in [7, 11) is 1.60. The Labute approximate surface area is 275 Å². The summed E-state index contributed by atoms with van der Waals surface area (Å²) in [6.45, 7) is 21.1. The van der Waals surface area contributed by atoms with Crippen molar-refractivity contribution in [3.05, 3.63) is 82.2 Å². The number of likely N-dealkylation sites (tertiary alicyclic amines) is 1. The first-order valence-electron chi connectivity index (χ1n) is 14.5. The maximum absolute atomic E-state index is 12.9. The second-order valence-electron chi connectivity index (χ2n) is 8.89. The van der Waals surface area contributed by atoms with Crippen molar-refractivity contribution in [2.75, 3.05) is 20.1 Å². The standard InChI is InChI=1S/C15H23FN2.C9H10N2O.C3H5Br.C3H7NO.C3H4.C2H6/c1-4-14(9-8-12(2)13(3)16)15(17)18-10-6-5-7-11-18;1-7(10)11-9(12)8-5-3-2-4-6-8;1-3(2)4;1-3(5)4-2;1-3-2;1-2/h4,8-9,17H,5-7,10-11H2,1-3H3;2-6H,1H3,(H2,10,11,12);1H2,2H3;1-2H3,(H,4,5);1H,2H3;1-2H3/b9-8-,13-12+,14-4+,17-15?;;;;;. The molecule has 9 heteroatoms. The fourth-order valence-electron chi connectivity index (χ4n) is 2.75. The van der Waals surface area contributed by atoms with Crippen LogP contribution in [0.5, 0.6) is 0 Å². The second-order valence-corrected chi connectivity index (χ2v) is 10.2. The molecule has 44 heavy (non-hydrogen) atoms. The molecule has 1 fully saturated rings. The van der Waals surface area contributed by atoms with Gasteiger partial charge in [0.2, 0.25) is 5.91 Å². The van der Waals surface area contributed by atoms with Crippen molar-refractivity contribution < 1.29 is 14.0 Å². The molecule has 0 spiro atoms. The van der Waals surface area contributed by atoms with Crippen LogP contribution in [-0.4, -0.2) is 48.5 Å². The quantitative estimate of drug-likeness (QED) is 0.128. The first kappa shape index (κ1) is 47.2. The molecule has 1 aromatic carbocycles. The first-order valence-corrected chi connectivity index (χ1v) is 15.3. The number of terminal acetylenes is 1. The Morgan fingerprint density at radius 2 is 1.52 bits per heavy atom. The van der Waals surface area contributed by atoms with Crippen molar-refractivity contribution in [3.63, 3.8) is 0 Å². The maximum atomic E-state index is 12.9. The monoisotopic (exact) mass is 675 g/mol. The highest BCUT2D eigenvalue weighted by Gasteiger charge is 2.14. The number of nitrogens with one attached hydrogen (secondary N) is 2. The van der Waals surface area contributed by atoms with Crippen molar-refractivity contribution in [3.8, 4) is 12.3 Å². The lowest BCUT2D eigenvalue weighted by atomic mass is 10.1. The van der Waals surface area contributed by atoms with Crippen molar-refractivity contribution in [2.24, 2.45) is 10.7 Å². The molecule has 1 aromatic rings. The summed E-state index contributed by atoms with van der Waals surface area (Å²) in [6.07, 6.45) is 13.7. The van der Waals surface area contributed by atoms with E-state index >= 15 is 0 Å². The minimum Gasteiger partial charge on any atom is -0.387 e. The molecule has 0 aliphatic carbocycles. The molecule has 0 atom stereocenters. The van der Waals surface area contributed by atoms with Gasteiger partial charge in [0.1, 0.15) is 11.7 Å². The number of aliphatic imine (C=N–C) groups is 1. The SMILES string of the molecule is C#CC.C=C(C)Br.CC.CC(N)=NC(=O)c1ccccc1.CNC(C)=O.C\C=C(/C=C\C(C)=C(/C)F)C(=N)N1CCCCC1. The predicted octanol–water partition coefficient (Wildman–Crippen LogP) is 8.75. The molecule has 1 heterocycles. The summed E-state index contributed by atoms with van der Waals surface area (Å²) >= 11 is 3.08. The molecule has 2 rings (SSSR count). The Hall–Kier alpha value is -3.77. The summed E-state index contributed by atoms with van der Waals surface area (Å²) in [5, 5.41) is 10.6. The van der Waals surface area contributed by atoms with E-state index in [1.165, 1.54) is 20.3 Å². The average molecular weight is 677 g/mol. The number of carbonyl (C=O) groups excluding carboxylic acids is 2. The number of amidine groups is 2. The number of nitrogens with zero attached hydrogens (tertiary/aromatic N) is 2. The molecule has 4 N–H and O–H groups in total. The topological polar surface area (TPSA) is 112 Å². The largest absolute Gasteiger partial charge is 0.387 e. The van der Waals surface area contributed by atoms with Gasteiger partial charge in [-0.05, 0) is 83.0 Å². The fraction of sp³-hybridized carbons (Fsp3) is 0.429. The molecule has 0 saturated carbocycles. The van der Waals surface area contributed by atoms with Crippen LogP contribution in [0.15, 0.2) is 81.6 Å². The van der Waals surface area contributed by atoms with E-state index in [0.717, 1.165) is 36.0 Å². The van der Waals surface area contributed by atoms with E-state index in [-0.39, 0.29) is 23.5 Å². The molecule has 0 unspecified atom stereocenters. The van der Waals surface area contributed by atoms with Gasteiger partial charge in [0.15, 0.2) is 0 Å². The number of allylic oxidation sites excluding steroid dienone is 5. The maximum Gasteiger partial charge on any atom is 0.278 e. The number of rotatable bonds is 4. The minimum absolute atomic E-state index is 0.00463. The Morgan fingerprint density at radius 3 is 1.86 bits per heavy atom. The van der Waals surface area contributed by atoms with Gasteiger partial charge in [-0.3, -0.25) is 15.0 Å². The van der Waals surface area contributed by atoms with E-state index in [4.69, 9.17) is 11.1 Å². The van der Waals surface area contributed by atoms with Crippen LogP contribution in [0.4, 0.5) is 4.39 Å². The third-order valence-electron chi connectivity index (χ3n) is 4.96. The average Bonchev–Trinajstić information content (AvgIpc) is 2.99. The summed E-state index contributed by atoms with van der Waals surface area (Å²) < 4.78 is 13.9. The van der Waals surface area contributed by atoms with Gasteiger partial charge in [0.25, 0.3) is 5.91 Å². The summed E-state index contributed by atoms with van der Waals surface area (Å²) in [6, 6.07) is 8.82. The van der Waals surface area contributed by atoms with Gasteiger partial charge in [0, 0.05) is 38.2 Å². The Kier molecular flexibility index (Phi) is 34.5. The predicted molar refractivity (Wildman–Crippen MR) is 193 cm³/mol. The molecule has 246 valence electrons. The van der Waals surface area contributed by atoms with Crippen molar-refractivity contribution >= 4 is 39.4 Å². The Morgan fingerprint density at radius 1 is 1.09 bits per heavy atom. The second kappa shape index (κ2) is 32.2. The third kappa shape index (κ3) is 31.2. The molecule has 2 amide bonds. The van der Waals surface area contributed by atoms with Crippen molar-refractivity contribution in [1.82, 2.24) is 10.2 Å². The number of nitrogens with two attached hydrogens (primary N) is 1. The van der Waals surface area contributed by atoms with Gasteiger partial charge in [-0.25, -0.2) is 4.39 Å². The zero-order chi connectivity index (χ0) is 35.1. The molecular weight excluding hydrogens is 621 g/mol. The number of halogens is 2. The fourth-order valence-corrected chi connectivity index (χ4v) is 2.75. The van der Waals surface area contributed by atoms with Gasteiger partial charge in [-0.1, -0.05) is 72.8 Å². The van der Waals surface area contributed by atoms with Crippen LogP contribution in [0.25, 0.3) is 0 Å². The highest BCUT2D eigenvalue weighted by atomic mass is 79.9.